The Balaban J connectivity index is 1.79. The lowest BCUT2D eigenvalue weighted by Crippen LogP contribution is -2.14. The molecule has 7 heteroatoms. The molecule has 0 bridgehead atoms. The first-order valence-corrected chi connectivity index (χ1v) is 9.61. The quantitative estimate of drug-likeness (QED) is 0.655. The minimum atomic E-state index is -0.476. The average molecular weight is 385 g/mol. The molecule has 1 amide bonds. The van der Waals surface area contributed by atoms with Gasteiger partial charge in [-0.15, -0.1) is 11.3 Å². The van der Waals surface area contributed by atoms with Crippen molar-refractivity contribution in [3.8, 4) is 0 Å². The fourth-order valence-electron chi connectivity index (χ4n) is 3.07. The molecule has 0 aliphatic rings. The molecule has 0 unspecified atom stereocenters. The second-order valence-electron chi connectivity index (χ2n) is 6.89. The number of aromatic nitrogens is 2. The van der Waals surface area contributed by atoms with Crippen LogP contribution in [0.2, 0.25) is 0 Å². The Kier molecular flexibility index (Phi) is 5.60. The van der Waals surface area contributed by atoms with E-state index in [4.69, 9.17) is 4.74 Å². The van der Waals surface area contributed by atoms with E-state index in [1.165, 1.54) is 18.4 Å². The molecule has 0 saturated carbocycles. The number of methoxy groups -OCH3 is 1. The Morgan fingerprint density at radius 3 is 2.74 bits per heavy atom. The van der Waals surface area contributed by atoms with Crippen molar-refractivity contribution in [3.05, 3.63) is 46.6 Å². The third-order valence-electron chi connectivity index (χ3n) is 4.25. The molecule has 0 spiro atoms. The van der Waals surface area contributed by atoms with Crippen LogP contribution in [0.3, 0.4) is 0 Å². The normalized spacial score (nSPS) is 11.1. The second kappa shape index (κ2) is 7.92. The van der Waals surface area contributed by atoms with Crippen LogP contribution in [0.1, 0.15) is 34.8 Å². The topological polar surface area (TPSA) is 73.2 Å². The summed E-state index contributed by atoms with van der Waals surface area (Å²) in [7, 11) is 3.30. The van der Waals surface area contributed by atoms with E-state index < -0.39 is 5.97 Å². The number of rotatable bonds is 6. The van der Waals surface area contributed by atoms with Crippen LogP contribution < -0.4 is 5.32 Å². The van der Waals surface area contributed by atoms with Gasteiger partial charge in [0.05, 0.1) is 13.5 Å². The van der Waals surface area contributed by atoms with Crippen molar-refractivity contribution in [1.82, 2.24) is 9.55 Å². The maximum Gasteiger partial charge on any atom is 0.357 e. The van der Waals surface area contributed by atoms with E-state index in [2.05, 4.69) is 24.1 Å². The highest BCUT2D eigenvalue weighted by Gasteiger charge is 2.21. The monoisotopic (exact) mass is 385 g/mol. The SMILES string of the molecule is COC(=O)c1nc(NC(=O)Cc2cn(C)c3ccccc23)sc1CC(C)C. The third kappa shape index (κ3) is 4.19. The summed E-state index contributed by atoms with van der Waals surface area (Å²) >= 11 is 1.33. The number of amides is 1. The van der Waals surface area contributed by atoms with Gasteiger partial charge in [0.15, 0.2) is 10.8 Å². The van der Waals surface area contributed by atoms with Crippen LogP contribution in [0.5, 0.6) is 0 Å². The summed E-state index contributed by atoms with van der Waals surface area (Å²) < 4.78 is 6.82. The Hall–Kier alpha value is -2.67. The number of nitrogens with zero attached hydrogens (tertiary/aromatic N) is 2. The summed E-state index contributed by atoms with van der Waals surface area (Å²) in [5.41, 5.74) is 2.33. The fraction of sp³-hybridized carbons (Fsp3) is 0.350. The molecule has 0 saturated heterocycles. The summed E-state index contributed by atoms with van der Waals surface area (Å²) in [5, 5.41) is 4.32. The van der Waals surface area contributed by atoms with E-state index in [-0.39, 0.29) is 18.0 Å². The molecule has 2 heterocycles. The van der Waals surface area contributed by atoms with Gasteiger partial charge in [-0.05, 0) is 24.0 Å². The van der Waals surface area contributed by atoms with E-state index in [1.807, 2.05) is 42.1 Å². The zero-order chi connectivity index (χ0) is 19.6. The van der Waals surface area contributed by atoms with Crippen molar-refractivity contribution in [3.63, 3.8) is 0 Å². The van der Waals surface area contributed by atoms with Gasteiger partial charge in [0.1, 0.15) is 0 Å². The van der Waals surface area contributed by atoms with Crippen LogP contribution in [-0.2, 0) is 29.4 Å². The van der Waals surface area contributed by atoms with E-state index in [0.29, 0.717) is 17.5 Å². The van der Waals surface area contributed by atoms with Gasteiger partial charge in [0.2, 0.25) is 5.91 Å². The molecule has 27 heavy (non-hydrogen) atoms. The van der Waals surface area contributed by atoms with Crippen LogP contribution in [0.4, 0.5) is 5.13 Å². The lowest BCUT2D eigenvalue weighted by molar-refractivity contribution is -0.115. The molecular weight excluding hydrogens is 362 g/mol. The van der Waals surface area contributed by atoms with Gasteiger partial charge in [-0.1, -0.05) is 32.0 Å². The molecule has 0 radical (unpaired) electrons. The zero-order valence-corrected chi connectivity index (χ0v) is 16.7. The Labute approximate surface area is 162 Å². The number of nitrogens with one attached hydrogen (secondary N) is 1. The summed E-state index contributed by atoms with van der Waals surface area (Å²) in [5.74, 6) is -0.267. The molecule has 142 valence electrons. The number of thiazole rings is 1. The van der Waals surface area contributed by atoms with Gasteiger partial charge in [0.25, 0.3) is 0 Å². The lowest BCUT2D eigenvalue weighted by Gasteiger charge is -2.02. The van der Waals surface area contributed by atoms with Crippen molar-refractivity contribution in [1.29, 1.82) is 0 Å². The van der Waals surface area contributed by atoms with Gasteiger partial charge in [-0.2, -0.15) is 0 Å². The Morgan fingerprint density at radius 1 is 1.30 bits per heavy atom. The van der Waals surface area contributed by atoms with E-state index >= 15 is 0 Å². The van der Waals surface area contributed by atoms with Crippen LogP contribution in [0.15, 0.2) is 30.5 Å². The van der Waals surface area contributed by atoms with E-state index in [1.54, 1.807) is 0 Å². The molecule has 6 nitrogen and oxygen atoms in total. The van der Waals surface area contributed by atoms with Crippen LogP contribution in [0.25, 0.3) is 10.9 Å². The maximum atomic E-state index is 12.5. The van der Waals surface area contributed by atoms with Crippen LogP contribution >= 0.6 is 11.3 Å². The Bertz CT molecular complexity index is 988. The second-order valence-corrected chi connectivity index (χ2v) is 7.97. The fourth-order valence-corrected chi connectivity index (χ4v) is 4.25. The smallest absolute Gasteiger partial charge is 0.357 e. The third-order valence-corrected chi connectivity index (χ3v) is 5.24. The number of carbonyl (C=O) groups is 2. The maximum absolute atomic E-state index is 12.5. The number of anilines is 1. The van der Waals surface area contributed by atoms with E-state index in [9.17, 15) is 9.59 Å². The molecule has 1 aromatic carbocycles. The largest absolute Gasteiger partial charge is 0.464 e. The first kappa shape index (κ1) is 19.1. The average Bonchev–Trinajstić information content (AvgIpc) is 3.15. The van der Waals surface area contributed by atoms with Gasteiger partial charge in [-0.25, -0.2) is 9.78 Å². The minimum absolute atomic E-state index is 0.160. The first-order chi connectivity index (χ1) is 12.9. The summed E-state index contributed by atoms with van der Waals surface area (Å²) in [6.07, 6.45) is 2.92. The number of benzene rings is 1. The molecule has 1 N–H and O–H groups in total. The van der Waals surface area contributed by atoms with Crippen molar-refractivity contribution in [2.75, 3.05) is 12.4 Å². The first-order valence-electron chi connectivity index (χ1n) is 8.79. The van der Waals surface area contributed by atoms with Crippen molar-refractivity contribution in [2.24, 2.45) is 13.0 Å². The lowest BCUT2D eigenvalue weighted by atomic mass is 10.1. The van der Waals surface area contributed by atoms with Crippen LogP contribution in [0, 0.1) is 5.92 Å². The Morgan fingerprint density at radius 2 is 2.04 bits per heavy atom. The minimum Gasteiger partial charge on any atom is -0.464 e. The number of hydrogen-bond acceptors (Lipinski definition) is 5. The predicted octanol–water partition coefficient (Wildman–Crippen LogP) is 3.80. The van der Waals surface area contributed by atoms with Gasteiger partial charge in [-0.3, -0.25) is 4.79 Å². The number of aryl methyl sites for hydroxylation is 1. The highest BCUT2D eigenvalue weighted by molar-refractivity contribution is 7.16. The number of para-hydroxylation sites is 1. The standard InChI is InChI=1S/C20H23N3O3S/c1-12(2)9-16-18(19(25)26-4)22-20(27-16)21-17(24)10-13-11-23(3)15-8-6-5-7-14(13)15/h5-8,11-12H,9-10H2,1-4H3,(H,21,22,24). The molecular formula is C20H23N3O3S. The number of carbonyl (C=O) groups excluding carboxylic acids is 2. The van der Waals surface area contributed by atoms with Gasteiger partial charge in [0, 0.05) is 29.0 Å². The predicted molar refractivity (Wildman–Crippen MR) is 107 cm³/mol. The zero-order valence-electron chi connectivity index (χ0n) is 15.9. The highest BCUT2D eigenvalue weighted by Crippen LogP contribution is 2.27. The molecule has 3 aromatic rings. The van der Waals surface area contributed by atoms with Crippen molar-refractivity contribution >= 4 is 39.2 Å². The molecule has 0 aliphatic carbocycles. The van der Waals surface area contributed by atoms with Crippen molar-refractivity contribution in [2.45, 2.75) is 26.7 Å². The van der Waals surface area contributed by atoms with Gasteiger partial charge < -0.3 is 14.6 Å². The summed E-state index contributed by atoms with van der Waals surface area (Å²) in [6, 6.07) is 7.98. The highest BCUT2D eigenvalue weighted by atomic mass is 32.1. The van der Waals surface area contributed by atoms with Gasteiger partial charge >= 0.3 is 5.97 Å². The summed E-state index contributed by atoms with van der Waals surface area (Å²) in [4.78, 5) is 29.6. The number of esters is 1. The molecule has 0 atom stereocenters. The van der Waals surface area contributed by atoms with Crippen LogP contribution in [-0.4, -0.2) is 28.5 Å². The molecule has 0 aliphatic heterocycles. The number of fused-ring (bicyclic) bond motifs is 1. The summed E-state index contributed by atoms with van der Waals surface area (Å²) in [6.45, 7) is 4.14. The molecule has 0 fully saturated rings. The van der Waals surface area contributed by atoms with Crippen molar-refractivity contribution < 1.29 is 14.3 Å². The molecule has 2 aromatic heterocycles. The number of ether oxygens (including phenoxy) is 1. The molecule has 3 rings (SSSR count). The number of hydrogen-bond donors (Lipinski definition) is 1. The van der Waals surface area contributed by atoms with E-state index in [0.717, 1.165) is 21.3 Å².